The molecule has 1 aliphatic rings. The summed E-state index contributed by atoms with van der Waals surface area (Å²) in [5.74, 6) is 1.52. The fourth-order valence-corrected chi connectivity index (χ4v) is 4.08. The van der Waals surface area contributed by atoms with Crippen molar-refractivity contribution in [2.45, 2.75) is 19.2 Å². The smallest absolute Gasteiger partial charge is 0.255 e. The molecule has 0 radical (unpaired) electrons. The zero-order valence-corrected chi connectivity index (χ0v) is 19.1. The molecular formula is C23H19BrCl2N2O2. The van der Waals surface area contributed by atoms with E-state index in [0.29, 0.717) is 30.0 Å². The van der Waals surface area contributed by atoms with E-state index in [2.05, 4.69) is 30.3 Å². The van der Waals surface area contributed by atoms with Gasteiger partial charge in [-0.25, -0.2) is 9.13 Å². The first kappa shape index (κ1) is 21.0. The summed E-state index contributed by atoms with van der Waals surface area (Å²) < 4.78 is 15.7. The third-order valence-electron chi connectivity index (χ3n) is 5.09. The van der Waals surface area contributed by atoms with Gasteiger partial charge in [-0.1, -0.05) is 48.5 Å². The molecule has 0 spiro atoms. The van der Waals surface area contributed by atoms with Crippen molar-refractivity contribution in [3.8, 4) is 11.5 Å². The Labute approximate surface area is 195 Å². The number of aromatic nitrogens is 2. The monoisotopic (exact) mass is 504 g/mol. The second-order valence-electron chi connectivity index (χ2n) is 7.16. The van der Waals surface area contributed by atoms with Crippen molar-refractivity contribution in [1.29, 1.82) is 0 Å². The molecule has 0 N–H and O–H groups in total. The molecule has 2 heterocycles. The molecule has 4 nitrogen and oxygen atoms in total. The summed E-state index contributed by atoms with van der Waals surface area (Å²) in [4.78, 5) is 0. The van der Waals surface area contributed by atoms with Crippen molar-refractivity contribution in [2.75, 3.05) is 6.61 Å². The first-order chi connectivity index (χ1) is 14.2. The summed E-state index contributed by atoms with van der Waals surface area (Å²) in [6.45, 7) is 1.66. The predicted molar refractivity (Wildman–Crippen MR) is 114 cm³/mol. The zero-order chi connectivity index (χ0) is 19.8. The van der Waals surface area contributed by atoms with Crippen molar-refractivity contribution < 1.29 is 31.0 Å². The Bertz CT molecular complexity index is 1200. The molecule has 0 amide bonds. The van der Waals surface area contributed by atoms with Crippen molar-refractivity contribution in [3.05, 3.63) is 88.9 Å². The largest absolute Gasteiger partial charge is 1.00 e. The molecule has 1 unspecified atom stereocenters. The van der Waals surface area contributed by atoms with E-state index in [9.17, 15) is 0 Å². The molecule has 4 aromatic rings. The summed E-state index contributed by atoms with van der Waals surface area (Å²) in [6.07, 6.45) is 1.80. The maximum absolute atomic E-state index is 6.52. The van der Waals surface area contributed by atoms with Gasteiger partial charge in [-0.15, -0.1) is 0 Å². The minimum absolute atomic E-state index is 0. The fourth-order valence-electron chi connectivity index (χ4n) is 3.65. The van der Waals surface area contributed by atoms with Crippen molar-refractivity contribution >= 4 is 34.0 Å². The maximum atomic E-state index is 6.52. The summed E-state index contributed by atoms with van der Waals surface area (Å²) in [7, 11) is 0. The molecule has 1 atom stereocenters. The van der Waals surface area contributed by atoms with Gasteiger partial charge in [0.05, 0.1) is 0 Å². The molecule has 0 fully saturated rings. The molecule has 0 aliphatic carbocycles. The van der Waals surface area contributed by atoms with Gasteiger partial charge in [0, 0.05) is 0 Å². The molecule has 0 bridgehead atoms. The van der Waals surface area contributed by atoms with E-state index >= 15 is 0 Å². The lowest BCUT2D eigenvalue weighted by molar-refractivity contribution is -0.685. The van der Waals surface area contributed by atoms with Crippen LogP contribution in [-0.2, 0) is 13.1 Å². The molecule has 5 rings (SSSR count). The van der Waals surface area contributed by atoms with E-state index in [0.717, 1.165) is 17.1 Å². The van der Waals surface area contributed by atoms with Crippen molar-refractivity contribution in [2.24, 2.45) is 0 Å². The number of halogens is 3. The van der Waals surface area contributed by atoms with E-state index in [-0.39, 0.29) is 23.1 Å². The second kappa shape index (κ2) is 8.88. The van der Waals surface area contributed by atoms with Crippen LogP contribution in [0.1, 0.15) is 5.56 Å². The van der Waals surface area contributed by atoms with Gasteiger partial charge >= 0.3 is 0 Å². The van der Waals surface area contributed by atoms with Crippen LogP contribution in [0.25, 0.3) is 10.8 Å². The third kappa shape index (κ3) is 4.15. The van der Waals surface area contributed by atoms with Crippen LogP contribution < -0.4 is 31.0 Å². The van der Waals surface area contributed by atoms with Crippen LogP contribution in [0, 0.1) is 0 Å². The first-order valence-electron chi connectivity index (χ1n) is 9.47. The lowest BCUT2D eigenvalue weighted by Crippen LogP contribution is -3.00. The number of rotatable bonds is 4. The van der Waals surface area contributed by atoms with E-state index in [1.165, 1.54) is 10.8 Å². The first-order valence-corrected chi connectivity index (χ1v) is 10.2. The highest BCUT2D eigenvalue weighted by Crippen LogP contribution is 2.31. The number of nitrogens with zero attached hydrogens (tertiary/aromatic N) is 2. The Morgan fingerprint density at radius 2 is 1.67 bits per heavy atom. The molecule has 0 saturated carbocycles. The normalized spacial score (nSPS) is 15.1. The number of imidazole rings is 1. The molecule has 1 aromatic heterocycles. The Balaban J connectivity index is 0.00000218. The average Bonchev–Trinajstić information content (AvgIpc) is 3.01. The Morgan fingerprint density at radius 3 is 2.50 bits per heavy atom. The highest BCUT2D eigenvalue weighted by molar-refractivity contribution is 6.39. The average molecular weight is 506 g/mol. The highest BCUT2D eigenvalue weighted by Gasteiger charge is 2.27. The van der Waals surface area contributed by atoms with Crippen LogP contribution in [0.2, 0.25) is 10.3 Å². The van der Waals surface area contributed by atoms with Gasteiger partial charge in [-0.3, -0.25) is 0 Å². The van der Waals surface area contributed by atoms with E-state index in [4.69, 9.17) is 32.7 Å². The summed E-state index contributed by atoms with van der Waals surface area (Å²) in [6, 6.07) is 22.4. The van der Waals surface area contributed by atoms with Crippen LogP contribution in [-0.4, -0.2) is 17.3 Å². The van der Waals surface area contributed by atoms with E-state index in [1.807, 2.05) is 51.9 Å². The number of benzene rings is 3. The maximum Gasteiger partial charge on any atom is 0.255 e. The molecule has 30 heavy (non-hydrogen) atoms. The standard InChI is InChI=1S/C23H19Cl2N2O2.BrH/c24-22-23(25)27(13-19-14-28-20-7-3-4-8-21(20)29-19)15-26(22)12-16-9-10-17-5-1-2-6-18(17)11-16;/h1-11,15,19H,12-14H2;1H/q+1;/p-1. The Kier molecular flexibility index (Phi) is 6.23. The van der Waals surface area contributed by atoms with Gasteiger partial charge in [0.1, 0.15) is 19.7 Å². The number of fused-ring (bicyclic) bond motifs is 2. The summed E-state index contributed by atoms with van der Waals surface area (Å²) >= 11 is 13.0. The number of hydrogen-bond acceptors (Lipinski definition) is 2. The van der Waals surface area contributed by atoms with Crippen LogP contribution in [0.4, 0.5) is 0 Å². The number of hydrogen-bond donors (Lipinski definition) is 0. The second-order valence-corrected chi connectivity index (χ2v) is 7.87. The van der Waals surface area contributed by atoms with Crippen LogP contribution in [0.3, 0.4) is 0 Å². The number of ether oxygens (including phenoxy) is 2. The molecule has 154 valence electrons. The zero-order valence-electron chi connectivity index (χ0n) is 16.0. The van der Waals surface area contributed by atoms with Crippen molar-refractivity contribution in [1.82, 2.24) is 4.57 Å². The Morgan fingerprint density at radius 1 is 0.933 bits per heavy atom. The molecule has 1 aliphatic heterocycles. The van der Waals surface area contributed by atoms with Gasteiger partial charge in [-0.05, 0) is 57.7 Å². The minimum atomic E-state index is -0.139. The minimum Gasteiger partial charge on any atom is -1.00 e. The number of para-hydroxylation sites is 2. The van der Waals surface area contributed by atoms with E-state index < -0.39 is 0 Å². The van der Waals surface area contributed by atoms with E-state index in [1.54, 1.807) is 0 Å². The van der Waals surface area contributed by atoms with Crippen LogP contribution >= 0.6 is 23.2 Å². The fraction of sp³-hybridized carbons (Fsp3) is 0.174. The van der Waals surface area contributed by atoms with Gasteiger partial charge < -0.3 is 26.5 Å². The van der Waals surface area contributed by atoms with Crippen LogP contribution in [0.15, 0.2) is 73.1 Å². The summed E-state index contributed by atoms with van der Waals surface area (Å²) in [5, 5.41) is 3.43. The topological polar surface area (TPSA) is 27.3 Å². The van der Waals surface area contributed by atoms with Crippen LogP contribution in [0.5, 0.6) is 11.5 Å². The Hall–Kier alpha value is -2.21. The SMILES string of the molecule is Clc1c(Cl)[n+](Cc2ccc3ccccc3c2)cn1CC1COc2ccccc2O1.[Br-]. The predicted octanol–water partition coefficient (Wildman–Crippen LogP) is 2.13. The van der Waals surface area contributed by atoms with Gasteiger partial charge in [0.2, 0.25) is 6.33 Å². The van der Waals surface area contributed by atoms with Gasteiger partial charge in [0.25, 0.3) is 10.3 Å². The summed E-state index contributed by atoms with van der Waals surface area (Å²) in [5.41, 5.74) is 1.16. The van der Waals surface area contributed by atoms with Gasteiger partial charge in [-0.2, -0.15) is 0 Å². The molecule has 0 saturated heterocycles. The lowest BCUT2D eigenvalue weighted by Gasteiger charge is -2.25. The quantitative estimate of drug-likeness (QED) is 0.397. The lowest BCUT2D eigenvalue weighted by atomic mass is 10.1. The van der Waals surface area contributed by atoms with Crippen molar-refractivity contribution in [3.63, 3.8) is 0 Å². The molecular weight excluding hydrogens is 487 g/mol. The molecule has 3 aromatic carbocycles. The highest BCUT2D eigenvalue weighted by atomic mass is 79.9. The van der Waals surface area contributed by atoms with Gasteiger partial charge in [0.15, 0.2) is 17.6 Å². The molecule has 7 heteroatoms. The third-order valence-corrected chi connectivity index (χ3v) is 5.98.